The summed E-state index contributed by atoms with van der Waals surface area (Å²) in [5.74, 6) is -1.20. The van der Waals surface area contributed by atoms with Gasteiger partial charge in [0, 0.05) is 31.5 Å². The van der Waals surface area contributed by atoms with Crippen molar-refractivity contribution in [1.29, 1.82) is 0 Å². The topological polar surface area (TPSA) is 64.7 Å². The second kappa shape index (κ2) is 10.4. The molecule has 0 aromatic heterocycles. The number of aryl methyl sites for hydroxylation is 2. The van der Waals surface area contributed by atoms with E-state index in [0.717, 1.165) is 43.6 Å². The first-order valence-corrected chi connectivity index (χ1v) is 12.2. The van der Waals surface area contributed by atoms with Crippen LogP contribution in [0, 0.1) is 13.8 Å². The molecule has 1 atom stereocenters. The average Bonchev–Trinajstić information content (AvgIpc) is 2.83. The van der Waals surface area contributed by atoms with Crippen LogP contribution in [0.2, 0.25) is 0 Å². The van der Waals surface area contributed by atoms with Crippen LogP contribution in [-0.4, -0.2) is 49.9 Å². The third-order valence-corrected chi connectivity index (χ3v) is 7.19. The van der Waals surface area contributed by atoms with E-state index in [1.165, 1.54) is 36.1 Å². The molecule has 2 aliphatic rings. The van der Waals surface area contributed by atoms with Gasteiger partial charge in [-0.15, -0.1) is 0 Å². The molecule has 1 fully saturated rings. The van der Waals surface area contributed by atoms with Gasteiger partial charge in [0.1, 0.15) is 0 Å². The maximum Gasteiger partial charge on any atom is 0.313 e. The predicted molar refractivity (Wildman–Crippen MR) is 134 cm³/mol. The van der Waals surface area contributed by atoms with Crippen molar-refractivity contribution in [3.63, 3.8) is 0 Å². The Balaban J connectivity index is 1.47. The Hall–Kier alpha value is -2.86. The summed E-state index contributed by atoms with van der Waals surface area (Å²) in [6, 6.07) is 12.5. The lowest BCUT2D eigenvalue weighted by atomic mass is 9.95. The van der Waals surface area contributed by atoms with Gasteiger partial charge in [-0.25, -0.2) is 0 Å². The van der Waals surface area contributed by atoms with Gasteiger partial charge >= 0.3 is 11.8 Å². The van der Waals surface area contributed by atoms with Crippen LogP contribution in [-0.2, 0) is 16.0 Å². The number of benzene rings is 2. The zero-order valence-corrected chi connectivity index (χ0v) is 20.1. The van der Waals surface area contributed by atoms with Crippen molar-refractivity contribution in [3.05, 3.63) is 58.7 Å². The van der Waals surface area contributed by atoms with Gasteiger partial charge in [-0.05, 0) is 87.0 Å². The number of hydrogen-bond acceptors (Lipinski definition) is 4. The second-order valence-corrected chi connectivity index (χ2v) is 9.44. The van der Waals surface area contributed by atoms with Gasteiger partial charge in [0.15, 0.2) is 0 Å². The molecule has 4 rings (SSSR count). The lowest BCUT2D eigenvalue weighted by Crippen LogP contribution is -2.43. The highest BCUT2D eigenvalue weighted by molar-refractivity contribution is 6.39. The molecule has 2 aliphatic heterocycles. The summed E-state index contributed by atoms with van der Waals surface area (Å²) in [5, 5.41) is 5.69. The first-order valence-electron chi connectivity index (χ1n) is 12.2. The molecule has 6 heteroatoms. The number of anilines is 2. The largest absolute Gasteiger partial charge is 0.374 e. The molecule has 0 saturated carbocycles. The fraction of sp³-hybridized carbons (Fsp3) is 0.481. The number of rotatable bonds is 5. The van der Waals surface area contributed by atoms with E-state index in [4.69, 9.17) is 0 Å². The summed E-state index contributed by atoms with van der Waals surface area (Å²) in [6.45, 7) is 7.49. The Bertz CT molecular complexity index is 1010. The summed E-state index contributed by atoms with van der Waals surface area (Å²) in [5.41, 5.74) is 6.64. The summed E-state index contributed by atoms with van der Waals surface area (Å²) in [6.07, 6.45) is 5.85. The van der Waals surface area contributed by atoms with Gasteiger partial charge in [0.05, 0.1) is 6.04 Å². The Morgan fingerprint density at radius 1 is 0.970 bits per heavy atom. The number of carbonyl (C=O) groups excluding carboxylic acids is 2. The number of fused-ring (bicyclic) bond motifs is 1. The number of carbonyl (C=O) groups is 2. The SMILES string of the molecule is Cc1cccc(NC(=O)C(=O)NC[C@@H](c2ccc3c(c2)CCCN3C)N2CCCCC2)c1C. The maximum absolute atomic E-state index is 12.7. The minimum absolute atomic E-state index is 0.0697. The normalized spacial score (nSPS) is 17.2. The number of amides is 2. The highest BCUT2D eigenvalue weighted by Gasteiger charge is 2.26. The van der Waals surface area contributed by atoms with Gasteiger partial charge in [0.2, 0.25) is 0 Å². The quantitative estimate of drug-likeness (QED) is 0.680. The van der Waals surface area contributed by atoms with E-state index in [-0.39, 0.29) is 6.04 Å². The van der Waals surface area contributed by atoms with Crippen LogP contribution in [0.3, 0.4) is 0 Å². The highest BCUT2D eigenvalue weighted by Crippen LogP contribution is 2.31. The number of nitrogens with one attached hydrogen (secondary N) is 2. The highest BCUT2D eigenvalue weighted by atomic mass is 16.2. The third-order valence-electron chi connectivity index (χ3n) is 7.19. The van der Waals surface area contributed by atoms with Gasteiger partial charge in [-0.3, -0.25) is 14.5 Å². The second-order valence-electron chi connectivity index (χ2n) is 9.44. The molecule has 2 N–H and O–H groups in total. The van der Waals surface area contributed by atoms with Crippen LogP contribution in [0.4, 0.5) is 11.4 Å². The lowest BCUT2D eigenvalue weighted by molar-refractivity contribution is -0.136. The summed E-state index contributed by atoms with van der Waals surface area (Å²) >= 11 is 0. The summed E-state index contributed by atoms with van der Waals surface area (Å²) in [4.78, 5) is 30.1. The minimum atomic E-state index is -0.617. The molecular weight excluding hydrogens is 412 g/mol. The first-order chi connectivity index (χ1) is 15.9. The zero-order chi connectivity index (χ0) is 23.4. The van der Waals surface area contributed by atoms with E-state index in [1.807, 2.05) is 32.0 Å². The van der Waals surface area contributed by atoms with Crippen LogP contribution in [0.25, 0.3) is 0 Å². The molecule has 0 spiro atoms. The van der Waals surface area contributed by atoms with Gasteiger partial charge in [-0.2, -0.15) is 0 Å². The van der Waals surface area contributed by atoms with E-state index >= 15 is 0 Å². The van der Waals surface area contributed by atoms with Crippen LogP contribution in [0.5, 0.6) is 0 Å². The monoisotopic (exact) mass is 448 g/mol. The van der Waals surface area contributed by atoms with Crippen molar-refractivity contribution >= 4 is 23.2 Å². The van der Waals surface area contributed by atoms with E-state index in [2.05, 4.69) is 45.7 Å². The lowest BCUT2D eigenvalue weighted by Gasteiger charge is -2.36. The number of nitrogens with zero attached hydrogens (tertiary/aromatic N) is 2. The molecule has 2 aromatic rings. The smallest absolute Gasteiger partial charge is 0.313 e. The van der Waals surface area contributed by atoms with Crippen molar-refractivity contribution in [2.24, 2.45) is 0 Å². The number of hydrogen-bond donors (Lipinski definition) is 2. The third kappa shape index (κ3) is 5.38. The predicted octanol–water partition coefficient (Wildman–Crippen LogP) is 3.97. The van der Waals surface area contributed by atoms with Crippen LogP contribution in [0.15, 0.2) is 36.4 Å². The van der Waals surface area contributed by atoms with Crippen LogP contribution >= 0.6 is 0 Å². The van der Waals surface area contributed by atoms with E-state index in [9.17, 15) is 9.59 Å². The zero-order valence-electron chi connectivity index (χ0n) is 20.1. The average molecular weight is 449 g/mol. The fourth-order valence-corrected chi connectivity index (χ4v) is 5.04. The number of likely N-dealkylation sites (tertiary alicyclic amines) is 1. The van der Waals surface area contributed by atoms with Crippen LogP contribution in [0.1, 0.15) is 54.0 Å². The van der Waals surface area contributed by atoms with Gasteiger partial charge in [0.25, 0.3) is 0 Å². The molecule has 176 valence electrons. The summed E-state index contributed by atoms with van der Waals surface area (Å²) in [7, 11) is 2.15. The Morgan fingerprint density at radius 2 is 1.76 bits per heavy atom. The van der Waals surface area contributed by atoms with Crippen molar-refractivity contribution in [1.82, 2.24) is 10.2 Å². The number of piperidine rings is 1. The molecule has 0 bridgehead atoms. The molecular formula is C27H36N4O2. The summed E-state index contributed by atoms with van der Waals surface area (Å²) < 4.78 is 0. The Labute approximate surface area is 197 Å². The molecule has 0 unspecified atom stereocenters. The Kier molecular flexibility index (Phi) is 7.33. The maximum atomic E-state index is 12.7. The van der Waals surface area contributed by atoms with Crippen molar-refractivity contribution < 1.29 is 9.59 Å². The molecule has 2 amide bonds. The van der Waals surface area contributed by atoms with Crippen molar-refractivity contribution in [3.8, 4) is 0 Å². The molecule has 6 nitrogen and oxygen atoms in total. The Morgan fingerprint density at radius 3 is 2.55 bits per heavy atom. The molecule has 2 heterocycles. The van der Waals surface area contributed by atoms with E-state index in [1.54, 1.807) is 0 Å². The fourth-order valence-electron chi connectivity index (χ4n) is 5.04. The first kappa shape index (κ1) is 23.3. The van der Waals surface area contributed by atoms with E-state index < -0.39 is 11.8 Å². The van der Waals surface area contributed by atoms with E-state index in [0.29, 0.717) is 12.2 Å². The molecule has 0 radical (unpaired) electrons. The molecule has 33 heavy (non-hydrogen) atoms. The molecule has 0 aliphatic carbocycles. The van der Waals surface area contributed by atoms with Crippen molar-refractivity contribution in [2.45, 2.75) is 52.0 Å². The molecule has 2 aromatic carbocycles. The molecule has 1 saturated heterocycles. The van der Waals surface area contributed by atoms with Crippen LogP contribution < -0.4 is 15.5 Å². The van der Waals surface area contributed by atoms with Gasteiger partial charge < -0.3 is 15.5 Å². The standard InChI is InChI=1S/C27H36N4O2/c1-19-9-7-11-23(20(19)2)29-27(33)26(32)28-18-25(31-15-5-4-6-16-31)22-12-13-24-21(17-22)10-8-14-30(24)3/h7,9,11-13,17,25H,4-6,8,10,14-16,18H2,1-3H3,(H,28,32)(H,29,33)/t25-/m0/s1. The van der Waals surface area contributed by atoms with Crippen molar-refractivity contribution in [2.75, 3.05) is 43.4 Å². The van der Waals surface area contributed by atoms with Gasteiger partial charge in [-0.1, -0.05) is 30.7 Å². The minimum Gasteiger partial charge on any atom is -0.374 e.